The number of thiocarbonyl (C=S) groups is 1. The van der Waals surface area contributed by atoms with Crippen molar-refractivity contribution in [2.75, 3.05) is 7.05 Å². The molecule has 0 unspecified atom stereocenters. The van der Waals surface area contributed by atoms with Crippen molar-refractivity contribution in [3.63, 3.8) is 0 Å². The van der Waals surface area contributed by atoms with Gasteiger partial charge in [-0.2, -0.15) is 5.10 Å². The second kappa shape index (κ2) is 6.04. The number of benzene rings is 1. The maximum absolute atomic E-state index is 4.95. The molecule has 6 heteroatoms. The summed E-state index contributed by atoms with van der Waals surface area (Å²) in [7, 11) is 1.73. The third kappa shape index (κ3) is 2.99. The topological polar surface area (TPSA) is 61.3 Å². The normalized spacial score (nSPS) is 10.7. The van der Waals surface area contributed by atoms with E-state index in [2.05, 4.69) is 26.4 Å². The maximum atomic E-state index is 4.95. The molecular formula is C12H13N5S. The Morgan fingerprint density at radius 1 is 1.33 bits per heavy atom. The van der Waals surface area contributed by atoms with Gasteiger partial charge in [-0.1, -0.05) is 24.3 Å². The van der Waals surface area contributed by atoms with Crippen LogP contribution in [0, 0.1) is 0 Å². The van der Waals surface area contributed by atoms with Gasteiger partial charge in [0.15, 0.2) is 0 Å². The van der Waals surface area contributed by atoms with E-state index in [9.17, 15) is 0 Å². The fourth-order valence-corrected chi connectivity index (χ4v) is 1.69. The number of hydrogen-bond donors (Lipinski definition) is 3. The molecule has 1 heterocycles. The summed E-state index contributed by atoms with van der Waals surface area (Å²) in [6, 6.07) is 9.98. The molecule has 92 valence electrons. The Kier molecular flexibility index (Phi) is 4.16. The number of pyridine rings is 1. The Morgan fingerprint density at radius 2 is 2.17 bits per heavy atom. The van der Waals surface area contributed by atoms with E-state index in [0.29, 0.717) is 5.11 Å². The SMILES string of the molecule is CNNC(=S)N/N=C/c1nccc2ccccc12. The van der Waals surface area contributed by atoms with Gasteiger partial charge in [0.1, 0.15) is 0 Å². The Bertz CT molecular complexity index is 576. The van der Waals surface area contributed by atoms with Crippen LogP contribution in [0.5, 0.6) is 0 Å². The first-order valence-corrected chi connectivity index (χ1v) is 5.81. The molecule has 3 N–H and O–H groups in total. The Balaban J connectivity index is 2.16. The van der Waals surface area contributed by atoms with Gasteiger partial charge in [0, 0.05) is 18.6 Å². The van der Waals surface area contributed by atoms with Crippen molar-refractivity contribution in [3.8, 4) is 0 Å². The van der Waals surface area contributed by atoms with Gasteiger partial charge in [0.2, 0.25) is 5.11 Å². The van der Waals surface area contributed by atoms with Crippen LogP contribution in [0.2, 0.25) is 0 Å². The zero-order valence-corrected chi connectivity index (χ0v) is 10.7. The van der Waals surface area contributed by atoms with Gasteiger partial charge in [0.05, 0.1) is 11.9 Å². The van der Waals surface area contributed by atoms with Crippen LogP contribution in [0.15, 0.2) is 41.6 Å². The lowest BCUT2D eigenvalue weighted by Crippen LogP contribution is -2.39. The summed E-state index contributed by atoms with van der Waals surface area (Å²) in [6.07, 6.45) is 3.40. The van der Waals surface area contributed by atoms with Crippen LogP contribution in [0.4, 0.5) is 0 Å². The fraction of sp³-hybridized carbons (Fsp3) is 0.0833. The molecule has 0 amide bonds. The Labute approximate surface area is 110 Å². The standard InChI is InChI=1S/C12H13N5S/c1-13-16-12(18)17-15-8-11-10-5-3-2-4-9(10)6-7-14-11/h2-8,13H,1H3,(H2,16,17,18)/b15-8+. The number of hydrogen-bond acceptors (Lipinski definition) is 4. The largest absolute Gasteiger partial charge is 0.297 e. The summed E-state index contributed by atoms with van der Waals surface area (Å²) in [4.78, 5) is 4.28. The average Bonchev–Trinajstić information content (AvgIpc) is 2.39. The van der Waals surface area contributed by atoms with Gasteiger partial charge in [-0.25, -0.2) is 5.43 Å². The highest BCUT2D eigenvalue weighted by Crippen LogP contribution is 2.14. The van der Waals surface area contributed by atoms with Crippen molar-refractivity contribution in [3.05, 3.63) is 42.2 Å². The first kappa shape index (κ1) is 12.4. The zero-order valence-electron chi connectivity index (χ0n) is 9.84. The van der Waals surface area contributed by atoms with Crippen molar-refractivity contribution in [2.45, 2.75) is 0 Å². The van der Waals surface area contributed by atoms with Crippen LogP contribution in [-0.2, 0) is 0 Å². The predicted octanol–water partition coefficient (Wildman–Crippen LogP) is 1.17. The summed E-state index contributed by atoms with van der Waals surface area (Å²) >= 11 is 4.95. The Morgan fingerprint density at radius 3 is 3.00 bits per heavy atom. The zero-order chi connectivity index (χ0) is 12.8. The predicted molar refractivity (Wildman–Crippen MR) is 77.3 cm³/mol. The minimum atomic E-state index is 0.397. The van der Waals surface area contributed by atoms with E-state index in [1.165, 1.54) is 0 Å². The first-order valence-electron chi connectivity index (χ1n) is 5.41. The summed E-state index contributed by atoms with van der Waals surface area (Å²) in [6.45, 7) is 0. The molecule has 5 nitrogen and oxygen atoms in total. The van der Waals surface area contributed by atoms with Crippen molar-refractivity contribution < 1.29 is 0 Å². The molecule has 0 aliphatic rings. The van der Waals surface area contributed by atoms with Crippen LogP contribution in [0.25, 0.3) is 10.8 Å². The van der Waals surface area contributed by atoms with Crippen molar-refractivity contribution in [1.29, 1.82) is 0 Å². The second-order valence-corrected chi connectivity index (χ2v) is 3.90. The fourth-order valence-electron chi connectivity index (χ4n) is 1.54. The van der Waals surface area contributed by atoms with E-state index in [1.807, 2.05) is 30.3 Å². The van der Waals surface area contributed by atoms with Gasteiger partial charge in [-0.05, 0) is 23.7 Å². The third-order valence-electron chi connectivity index (χ3n) is 2.30. The van der Waals surface area contributed by atoms with Crippen LogP contribution in [0.1, 0.15) is 5.69 Å². The van der Waals surface area contributed by atoms with Gasteiger partial charge < -0.3 is 0 Å². The van der Waals surface area contributed by atoms with Gasteiger partial charge in [-0.15, -0.1) is 0 Å². The number of fused-ring (bicyclic) bond motifs is 1. The highest BCUT2D eigenvalue weighted by Gasteiger charge is 1.98. The van der Waals surface area contributed by atoms with Gasteiger partial charge in [-0.3, -0.25) is 15.8 Å². The summed E-state index contributed by atoms with van der Waals surface area (Å²) in [5, 5.41) is 6.61. The number of nitrogens with zero attached hydrogens (tertiary/aromatic N) is 2. The molecule has 1 aromatic carbocycles. The van der Waals surface area contributed by atoms with Gasteiger partial charge >= 0.3 is 0 Å². The monoisotopic (exact) mass is 259 g/mol. The van der Waals surface area contributed by atoms with Crippen LogP contribution < -0.4 is 16.3 Å². The molecule has 0 radical (unpaired) electrons. The molecule has 0 atom stereocenters. The number of nitrogens with one attached hydrogen (secondary N) is 3. The highest BCUT2D eigenvalue weighted by molar-refractivity contribution is 7.80. The summed E-state index contributed by atoms with van der Waals surface area (Å²) in [5.41, 5.74) is 8.89. The van der Waals surface area contributed by atoms with Crippen molar-refractivity contribution in [1.82, 2.24) is 21.3 Å². The molecule has 0 aliphatic carbocycles. The second-order valence-electron chi connectivity index (χ2n) is 3.49. The lowest BCUT2D eigenvalue weighted by atomic mass is 10.1. The van der Waals surface area contributed by atoms with Crippen LogP contribution >= 0.6 is 12.2 Å². The molecule has 1 aromatic heterocycles. The minimum absolute atomic E-state index is 0.397. The van der Waals surface area contributed by atoms with E-state index in [-0.39, 0.29) is 0 Å². The molecule has 2 aromatic rings. The molecule has 2 rings (SSSR count). The molecule has 0 fully saturated rings. The van der Waals surface area contributed by atoms with Crippen molar-refractivity contribution in [2.24, 2.45) is 5.10 Å². The molecule has 0 saturated carbocycles. The molecule has 0 bridgehead atoms. The van der Waals surface area contributed by atoms with E-state index in [0.717, 1.165) is 16.5 Å². The van der Waals surface area contributed by atoms with Crippen molar-refractivity contribution >= 4 is 34.3 Å². The lowest BCUT2D eigenvalue weighted by molar-refractivity contribution is 0.749. The number of hydrazine groups is 1. The summed E-state index contributed by atoms with van der Waals surface area (Å²) < 4.78 is 0. The van der Waals surface area contributed by atoms with E-state index >= 15 is 0 Å². The first-order chi connectivity index (χ1) is 8.81. The smallest absolute Gasteiger partial charge is 0.201 e. The Hall–Kier alpha value is -2.05. The quantitative estimate of drug-likeness (QED) is 0.439. The lowest BCUT2D eigenvalue weighted by Gasteiger charge is -2.04. The number of hydrazone groups is 1. The van der Waals surface area contributed by atoms with Crippen LogP contribution in [-0.4, -0.2) is 23.4 Å². The molecule has 0 aliphatic heterocycles. The maximum Gasteiger partial charge on any atom is 0.201 e. The van der Waals surface area contributed by atoms with Gasteiger partial charge in [0.25, 0.3) is 0 Å². The summed E-state index contributed by atoms with van der Waals surface area (Å²) in [5.74, 6) is 0. The minimum Gasteiger partial charge on any atom is -0.297 e. The third-order valence-corrected chi connectivity index (χ3v) is 2.49. The molecule has 0 saturated heterocycles. The molecular weight excluding hydrogens is 246 g/mol. The average molecular weight is 259 g/mol. The van der Waals surface area contributed by atoms with E-state index < -0.39 is 0 Å². The van der Waals surface area contributed by atoms with Crippen LogP contribution in [0.3, 0.4) is 0 Å². The number of aromatic nitrogens is 1. The van der Waals surface area contributed by atoms with E-state index in [4.69, 9.17) is 12.2 Å². The number of rotatable bonds is 3. The van der Waals surface area contributed by atoms with E-state index in [1.54, 1.807) is 19.5 Å². The molecule has 18 heavy (non-hydrogen) atoms. The highest BCUT2D eigenvalue weighted by atomic mass is 32.1. The molecule has 0 spiro atoms.